The van der Waals surface area contributed by atoms with Gasteiger partial charge in [-0.2, -0.15) is 0 Å². The number of aliphatic hydroxyl groups is 2. The number of aliphatic hydroxyl groups excluding tert-OH is 2. The molecule has 0 aromatic rings. The first-order chi connectivity index (χ1) is 14.4. The number of ether oxygens (including phenoxy) is 3. The van der Waals surface area contributed by atoms with Gasteiger partial charge in [0, 0.05) is 29.9 Å². The fourth-order valence-corrected chi connectivity index (χ4v) is 4.58. The number of methoxy groups -OCH3 is 1. The van der Waals surface area contributed by atoms with Crippen LogP contribution in [-0.4, -0.2) is 65.9 Å². The Morgan fingerprint density at radius 1 is 1.23 bits per heavy atom. The highest BCUT2D eigenvalue weighted by Crippen LogP contribution is 2.52. The van der Waals surface area contributed by atoms with Gasteiger partial charge in [-0.05, 0) is 25.8 Å². The van der Waals surface area contributed by atoms with E-state index >= 15 is 0 Å². The van der Waals surface area contributed by atoms with Gasteiger partial charge in [0.05, 0.1) is 31.2 Å². The zero-order chi connectivity index (χ0) is 23.5. The van der Waals surface area contributed by atoms with Crippen molar-refractivity contribution in [2.24, 2.45) is 17.3 Å². The first-order valence-corrected chi connectivity index (χ1v) is 10.1. The lowest BCUT2D eigenvalue weighted by Gasteiger charge is -2.54. The number of hydrogen-bond acceptors (Lipinski definition) is 9. The van der Waals surface area contributed by atoms with Crippen molar-refractivity contribution in [3.8, 4) is 0 Å². The fourth-order valence-electron chi connectivity index (χ4n) is 4.58. The normalized spacial score (nSPS) is 33.2. The summed E-state index contributed by atoms with van der Waals surface area (Å²) in [5, 5.41) is 21.7. The van der Waals surface area contributed by atoms with Crippen molar-refractivity contribution in [2.45, 2.75) is 58.3 Å². The highest BCUT2D eigenvalue weighted by molar-refractivity contribution is 5.90. The Labute approximate surface area is 181 Å². The highest BCUT2D eigenvalue weighted by atomic mass is 16.5. The van der Waals surface area contributed by atoms with Crippen molar-refractivity contribution in [1.82, 2.24) is 0 Å². The van der Waals surface area contributed by atoms with Gasteiger partial charge in [0.15, 0.2) is 0 Å². The van der Waals surface area contributed by atoms with E-state index in [1.807, 2.05) is 0 Å². The molecular formula is C22H30O9. The SMILES string of the molecule is C=C(C(=O)OC)C1C(OC(=O)/C(C)=C\COC(C)=O)CC2(C)C(O)CCC(=O)C2C1O. The first-order valence-electron chi connectivity index (χ1n) is 10.1. The van der Waals surface area contributed by atoms with Crippen molar-refractivity contribution in [3.05, 3.63) is 23.8 Å². The monoisotopic (exact) mass is 438 g/mol. The van der Waals surface area contributed by atoms with Crippen LogP contribution < -0.4 is 0 Å². The molecule has 0 amide bonds. The van der Waals surface area contributed by atoms with Gasteiger partial charge in [0.2, 0.25) is 0 Å². The van der Waals surface area contributed by atoms with Crippen LogP contribution in [0.4, 0.5) is 0 Å². The minimum Gasteiger partial charge on any atom is -0.466 e. The third-order valence-electron chi connectivity index (χ3n) is 6.34. The maximum Gasteiger partial charge on any atom is 0.333 e. The minimum absolute atomic E-state index is 0.0469. The average molecular weight is 438 g/mol. The van der Waals surface area contributed by atoms with Crippen LogP contribution in [-0.2, 0) is 33.4 Å². The van der Waals surface area contributed by atoms with E-state index in [-0.39, 0.29) is 42.8 Å². The summed E-state index contributed by atoms with van der Waals surface area (Å²) in [6, 6.07) is 0. The fraction of sp³-hybridized carbons (Fsp3) is 0.636. The summed E-state index contributed by atoms with van der Waals surface area (Å²) in [6.45, 7) is 7.97. The molecular weight excluding hydrogens is 408 g/mol. The maximum atomic E-state index is 12.6. The second-order valence-corrected chi connectivity index (χ2v) is 8.38. The van der Waals surface area contributed by atoms with Gasteiger partial charge in [0.25, 0.3) is 0 Å². The topological polar surface area (TPSA) is 136 Å². The average Bonchev–Trinajstić information content (AvgIpc) is 2.69. The number of Topliss-reactive ketones (excluding diaryl/α,β-unsaturated/α-hetero) is 1. The molecule has 2 rings (SSSR count). The number of rotatable bonds is 6. The van der Waals surface area contributed by atoms with E-state index in [0.29, 0.717) is 0 Å². The van der Waals surface area contributed by atoms with E-state index in [1.54, 1.807) is 6.92 Å². The first kappa shape index (κ1) is 24.7. The maximum absolute atomic E-state index is 12.6. The molecule has 31 heavy (non-hydrogen) atoms. The van der Waals surface area contributed by atoms with Crippen molar-refractivity contribution in [3.63, 3.8) is 0 Å². The Morgan fingerprint density at radius 3 is 2.45 bits per heavy atom. The van der Waals surface area contributed by atoms with E-state index in [0.717, 1.165) is 7.11 Å². The van der Waals surface area contributed by atoms with Crippen molar-refractivity contribution in [2.75, 3.05) is 13.7 Å². The molecule has 0 aliphatic heterocycles. The van der Waals surface area contributed by atoms with Crippen LogP contribution in [0.3, 0.4) is 0 Å². The number of ketones is 1. The molecule has 2 aliphatic rings. The quantitative estimate of drug-likeness (QED) is 0.351. The number of carbonyl (C=O) groups is 4. The molecule has 0 heterocycles. The predicted molar refractivity (Wildman–Crippen MR) is 107 cm³/mol. The minimum atomic E-state index is -1.39. The van der Waals surface area contributed by atoms with Gasteiger partial charge in [-0.15, -0.1) is 0 Å². The zero-order valence-corrected chi connectivity index (χ0v) is 18.3. The van der Waals surface area contributed by atoms with Gasteiger partial charge in [-0.3, -0.25) is 9.59 Å². The van der Waals surface area contributed by atoms with Gasteiger partial charge in [0.1, 0.15) is 18.5 Å². The molecule has 172 valence electrons. The molecule has 0 aromatic heterocycles. The standard InChI is InChI=1S/C22H30O9/c1-11(8-9-30-13(3)23)20(27)31-15-10-22(4)16(25)7-6-14(24)18(22)19(26)17(15)12(2)21(28)29-5/h8,15-19,25-26H,2,6-7,9-10H2,1,3-5H3/b11-8-. The van der Waals surface area contributed by atoms with E-state index in [1.165, 1.54) is 19.9 Å². The Balaban J connectivity index is 2.35. The van der Waals surface area contributed by atoms with Crippen LogP contribution in [0.25, 0.3) is 0 Å². The van der Waals surface area contributed by atoms with Gasteiger partial charge in [-0.25, -0.2) is 9.59 Å². The van der Waals surface area contributed by atoms with Crippen LogP contribution in [0.15, 0.2) is 23.8 Å². The molecule has 2 fully saturated rings. The molecule has 2 aliphatic carbocycles. The zero-order valence-electron chi connectivity index (χ0n) is 18.3. The summed E-state index contributed by atoms with van der Waals surface area (Å²) in [4.78, 5) is 48.3. The van der Waals surface area contributed by atoms with Crippen LogP contribution in [0.2, 0.25) is 0 Å². The molecule has 0 radical (unpaired) electrons. The van der Waals surface area contributed by atoms with Crippen LogP contribution in [0.1, 0.15) is 40.0 Å². The smallest absolute Gasteiger partial charge is 0.333 e. The number of hydrogen-bond donors (Lipinski definition) is 2. The second kappa shape index (κ2) is 9.74. The van der Waals surface area contributed by atoms with Crippen LogP contribution in [0, 0.1) is 17.3 Å². The molecule has 0 saturated heterocycles. The van der Waals surface area contributed by atoms with E-state index in [9.17, 15) is 29.4 Å². The Morgan fingerprint density at radius 2 is 1.87 bits per heavy atom. The van der Waals surface area contributed by atoms with Gasteiger partial charge >= 0.3 is 17.9 Å². The van der Waals surface area contributed by atoms with Gasteiger partial charge < -0.3 is 24.4 Å². The highest BCUT2D eigenvalue weighted by Gasteiger charge is 2.60. The van der Waals surface area contributed by atoms with Crippen LogP contribution >= 0.6 is 0 Å². The van der Waals surface area contributed by atoms with Crippen molar-refractivity contribution < 1.29 is 43.6 Å². The summed E-state index contributed by atoms with van der Waals surface area (Å²) in [7, 11) is 1.16. The third-order valence-corrected chi connectivity index (χ3v) is 6.34. The lowest BCUT2D eigenvalue weighted by molar-refractivity contribution is -0.189. The lowest BCUT2D eigenvalue weighted by atomic mass is 9.53. The summed E-state index contributed by atoms with van der Waals surface area (Å²) >= 11 is 0. The van der Waals surface area contributed by atoms with Crippen molar-refractivity contribution >= 4 is 23.7 Å². The summed E-state index contributed by atoms with van der Waals surface area (Å²) < 4.78 is 15.1. The molecule has 2 saturated carbocycles. The summed E-state index contributed by atoms with van der Waals surface area (Å²) in [6.07, 6.45) is -1.55. The lowest BCUT2D eigenvalue weighted by Crippen LogP contribution is -2.62. The molecule has 9 nitrogen and oxygen atoms in total. The largest absolute Gasteiger partial charge is 0.466 e. The van der Waals surface area contributed by atoms with Crippen LogP contribution in [0.5, 0.6) is 0 Å². The Hall–Kier alpha value is -2.52. The molecule has 0 spiro atoms. The van der Waals surface area contributed by atoms with E-state index < -0.39 is 53.5 Å². The van der Waals surface area contributed by atoms with Gasteiger partial charge in [-0.1, -0.05) is 13.5 Å². The molecule has 6 unspecified atom stereocenters. The third kappa shape index (κ3) is 5.04. The Bertz CT molecular complexity index is 799. The number of esters is 3. The second-order valence-electron chi connectivity index (χ2n) is 8.38. The Kier molecular flexibility index (Phi) is 7.77. The molecule has 2 N–H and O–H groups in total. The van der Waals surface area contributed by atoms with Crippen molar-refractivity contribution in [1.29, 1.82) is 0 Å². The summed E-state index contributed by atoms with van der Waals surface area (Å²) in [5.41, 5.74) is -1.00. The molecule has 9 heteroatoms. The molecule has 6 atom stereocenters. The summed E-state index contributed by atoms with van der Waals surface area (Å²) in [5.74, 6) is -4.27. The predicted octanol–water partition coefficient (Wildman–Crippen LogP) is 0.864. The molecule has 0 bridgehead atoms. The number of fused-ring (bicyclic) bond motifs is 1. The number of carbonyl (C=O) groups excluding carboxylic acids is 4. The van der Waals surface area contributed by atoms with E-state index in [4.69, 9.17) is 14.2 Å². The van der Waals surface area contributed by atoms with E-state index in [2.05, 4.69) is 6.58 Å². The molecule has 0 aromatic carbocycles.